The fourth-order valence-corrected chi connectivity index (χ4v) is 2.62. The molecule has 0 radical (unpaired) electrons. The molecule has 66 valence electrons. The maximum atomic E-state index is 5.79. The Morgan fingerprint density at radius 1 is 0.909 bits per heavy atom. The van der Waals surface area contributed by atoms with Gasteiger partial charge < -0.3 is 5.40 Å². The lowest BCUT2D eigenvalue weighted by Gasteiger charge is -2.33. The quantitative estimate of drug-likeness (QED) is 0.550. The molecule has 0 aliphatic heterocycles. The molecule has 11 heavy (non-hydrogen) atoms. The van der Waals surface area contributed by atoms with Crippen LogP contribution in [-0.4, -0.2) is 14.5 Å². The average Bonchev–Trinajstić information content (AvgIpc) is 1.56. The second-order valence-electron chi connectivity index (χ2n) is 5.08. The Balaban J connectivity index is 4.74. The van der Waals surface area contributed by atoms with E-state index in [1.165, 1.54) is 5.17 Å². The molecule has 0 fully saturated rings. The zero-order valence-corrected chi connectivity index (χ0v) is 9.81. The number of nitrogens with two attached hydrogens (primary N) is 1. The van der Waals surface area contributed by atoms with E-state index in [1.807, 2.05) is 0 Å². The molecule has 0 aromatic heterocycles. The first-order valence-corrected chi connectivity index (χ1v) is 5.37. The van der Waals surface area contributed by atoms with E-state index in [0.29, 0.717) is 0 Å². The van der Waals surface area contributed by atoms with Crippen molar-refractivity contribution in [1.82, 2.24) is 0 Å². The summed E-state index contributed by atoms with van der Waals surface area (Å²) in [7, 11) is 0.00231. The molecular weight excluding hydrogens is 150 g/mol. The lowest BCUT2D eigenvalue weighted by molar-refractivity contribution is 0.491. The standard InChI is InChI=1S/C9H21NSi/c1-8(2,3)7(11-10)9(4,5)6/h11H,10H2,1-6H3. The van der Waals surface area contributed by atoms with Crippen LogP contribution in [0.3, 0.4) is 0 Å². The second-order valence-corrected chi connectivity index (χ2v) is 5.99. The first kappa shape index (κ1) is 10.9. The summed E-state index contributed by atoms with van der Waals surface area (Å²) in [6.07, 6.45) is 0. The van der Waals surface area contributed by atoms with E-state index in [9.17, 15) is 0 Å². The Kier molecular flexibility index (Phi) is 3.06. The van der Waals surface area contributed by atoms with Gasteiger partial charge in [-0.05, 0) is 10.8 Å². The van der Waals surface area contributed by atoms with Gasteiger partial charge in [-0.3, -0.25) is 0 Å². The summed E-state index contributed by atoms with van der Waals surface area (Å²) >= 11 is 0. The van der Waals surface area contributed by atoms with Crippen LogP contribution >= 0.6 is 0 Å². The van der Waals surface area contributed by atoms with E-state index < -0.39 is 0 Å². The third-order valence-electron chi connectivity index (χ3n) is 1.78. The zero-order chi connectivity index (χ0) is 9.28. The highest BCUT2D eigenvalue weighted by Crippen LogP contribution is 2.27. The van der Waals surface area contributed by atoms with Crippen LogP contribution in [0.5, 0.6) is 0 Å². The molecule has 0 aliphatic carbocycles. The van der Waals surface area contributed by atoms with Crippen molar-refractivity contribution in [3.63, 3.8) is 0 Å². The first-order chi connectivity index (χ1) is 4.69. The summed E-state index contributed by atoms with van der Waals surface area (Å²) in [5.41, 5.74) is 0.560. The van der Waals surface area contributed by atoms with E-state index in [-0.39, 0.29) is 20.1 Å². The minimum absolute atomic E-state index is 0.00231. The maximum absolute atomic E-state index is 5.79. The molecule has 2 N–H and O–H groups in total. The van der Waals surface area contributed by atoms with Crippen molar-refractivity contribution in [1.29, 1.82) is 0 Å². The van der Waals surface area contributed by atoms with E-state index >= 15 is 0 Å². The molecule has 0 atom stereocenters. The Labute approximate surface area is 72.9 Å². The van der Waals surface area contributed by atoms with Gasteiger partial charge in [0.2, 0.25) is 0 Å². The van der Waals surface area contributed by atoms with Gasteiger partial charge in [0.15, 0.2) is 0 Å². The van der Waals surface area contributed by atoms with Crippen LogP contribution in [0.15, 0.2) is 0 Å². The van der Waals surface area contributed by atoms with Crippen molar-refractivity contribution in [2.75, 3.05) is 0 Å². The summed E-state index contributed by atoms with van der Waals surface area (Å²) in [4.78, 5) is 0. The van der Waals surface area contributed by atoms with Gasteiger partial charge in [-0.2, -0.15) is 0 Å². The highest BCUT2D eigenvalue weighted by molar-refractivity contribution is 6.53. The molecule has 0 heterocycles. The fraction of sp³-hybridized carbons (Fsp3) is 0.889. The Bertz CT molecular complexity index is 141. The van der Waals surface area contributed by atoms with Gasteiger partial charge in [0.1, 0.15) is 9.29 Å². The number of hydrogen-bond donors (Lipinski definition) is 1. The maximum Gasteiger partial charge on any atom is 0.102 e. The Morgan fingerprint density at radius 2 is 1.18 bits per heavy atom. The fourth-order valence-electron chi connectivity index (χ4n) is 1.62. The molecule has 0 saturated carbocycles. The molecule has 0 unspecified atom stereocenters. The van der Waals surface area contributed by atoms with Crippen molar-refractivity contribution in [3.05, 3.63) is 0 Å². The molecule has 0 spiro atoms. The minimum atomic E-state index is 0.00231. The van der Waals surface area contributed by atoms with Crippen molar-refractivity contribution >= 4 is 14.5 Å². The molecule has 0 rings (SSSR count). The molecular formula is C9H21NSi. The van der Waals surface area contributed by atoms with Crippen LogP contribution in [0.25, 0.3) is 0 Å². The highest BCUT2D eigenvalue weighted by atomic mass is 28.2. The lowest BCUT2D eigenvalue weighted by Crippen LogP contribution is -2.37. The Hall–Kier alpha value is -0.113. The minimum Gasteiger partial charge on any atom is -0.435 e. The highest BCUT2D eigenvalue weighted by Gasteiger charge is 2.26. The predicted octanol–water partition coefficient (Wildman–Crippen LogP) is 1.56. The van der Waals surface area contributed by atoms with Gasteiger partial charge in [0, 0.05) is 0 Å². The van der Waals surface area contributed by atoms with Gasteiger partial charge >= 0.3 is 0 Å². The van der Waals surface area contributed by atoms with Crippen molar-refractivity contribution in [2.45, 2.75) is 41.5 Å². The molecule has 0 aromatic rings. The zero-order valence-electron chi connectivity index (χ0n) is 8.65. The molecule has 0 saturated heterocycles. The van der Waals surface area contributed by atoms with Gasteiger partial charge in [-0.1, -0.05) is 46.7 Å². The third kappa shape index (κ3) is 3.19. The summed E-state index contributed by atoms with van der Waals surface area (Å²) in [5, 5.41) is 7.31. The van der Waals surface area contributed by atoms with Crippen molar-refractivity contribution in [2.24, 2.45) is 16.2 Å². The van der Waals surface area contributed by atoms with E-state index in [0.717, 1.165) is 0 Å². The summed E-state index contributed by atoms with van der Waals surface area (Å²) in [6.45, 7) is 13.5. The summed E-state index contributed by atoms with van der Waals surface area (Å²) < 4.78 is 0. The number of hydrogen-bond acceptors (Lipinski definition) is 1. The third-order valence-corrected chi connectivity index (χ3v) is 3.85. The van der Waals surface area contributed by atoms with Crippen LogP contribution in [0.2, 0.25) is 0 Å². The SMILES string of the molecule is CC(C)(C)C(=[SiH]N)C(C)(C)C. The van der Waals surface area contributed by atoms with Crippen molar-refractivity contribution in [3.8, 4) is 0 Å². The monoisotopic (exact) mass is 171 g/mol. The molecule has 0 aromatic carbocycles. The summed E-state index contributed by atoms with van der Waals surface area (Å²) in [6, 6.07) is 0. The lowest BCUT2D eigenvalue weighted by atomic mass is 9.77. The number of rotatable bonds is 0. The average molecular weight is 171 g/mol. The predicted molar refractivity (Wildman–Crippen MR) is 55.3 cm³/mol. The van der Waals surface area contributed by atoms with Gasteiger partial charge in [0.05, 0.1) is 0 Å². The molecule has 1 nitrogen and oxygen atoms in total. The largest absolute Gasteiger partial charge is 0.435 e. The van der Waals surface area contributed by atoms with Crippen molar-refractivity contribution < 1.29 is 0 Å². The second kappa shape index (κ2) is 3.09. The van der Waals surface area contributed by atoms with Crippen LogP contribution in [0, 0.1) is 10.8 Å². The van der Waals surface area contributed by atoms with E-state index in [1.54, 1.807) is 0 Å². The first-order valence-electron chi connectivity index (χ1n) is 4.12. The molecule has 2 heteroatoms. The van der Waals surface area contributed by atoms with E-state index in [4.69, 9.17) is 5.40 Å². The van der Waals surface area contributed by atoms with Gasteiger partial charge in [-0.25, -0.2) is 0 Å². The topological polar surface area (TPSA) is 26.0 Å². The van der Waals surface area contributed by atoms with Crippen LogP contribution < -0.4 is 5.40 Å². The smallest absolute Gasteiger partial charge is 0.102 e. The van der Waals surface area contributed by atoms with Crippen LogP contribution in [0.4, 0.5) is 0 Å². The van der Waals surface area contributed by atoms with Crippen LogP contribution in [-0.2, 0) is 0 Å². The molecule has 0 bridgehead atoms. The normalized spacial score (nSPS) is 12.9. The van der Waals surface area contributed by atoms with Crippen LogP contribution in [0.1, 0.15) is 41.5 Å². The van der Waals surface area contributed by atoms with E-state index in [2.05, 4.69) is 41.5 Å². The molecule has 0 aliphatic rings. The summed E-state index contributed by atoms with van der Waals surface area (Å²) in [5.74, 6) is 0. The molecule has 0 amide bonds. The van der Waals surface area contributed by atoms with Gasteiger partial charge in [-0.15, -0.1) is 0 Å². The van der Waals surface area contributed by atoms with Gasteiger partial charge in [0.25, 0.3) is 0 Å². The Morgan fingerprint density at radius 3 is 1.18 bits per heavy atom.